The van der Waals surface area contributed by atoms with Crippen LogP contribution in [-0.2, 0) is 4.79 Å². The highest BCUT2D eigenvalue weighted by Crippen LogP contribution is 2.00. The zero-order valence-electron chi connectivity index (χ0n) is 6.59. The highest BCUT2D eigenvalue weighted by molar-refractivity contribution is 5.96. The Morgan fingerprint density at radius 2 is 2.27 bits per heavy atom. The number of carbonyl (C=O) groups is 2. The normalized spacial score (nSPS) is 18.5. The summed E-state index contributed by atoms with van der Waals surface area (Å²) in [6, 6.07) is -0.247. The van der Waals surface area contributed by atoms with Crippen molar-refractivity contribution in [1.29, 1.82) is 0 Å². The van der Waals surface area contributed by atoms with E-state index in [0.29, 0.717) is 13.0 Å². The summed E-state index contributed by atoms with van der Waals surface area (Å²) in [4.78, 5) is 23.3. The molecule has 0 aliphatic carbocycles. The number of hydrogen-bond acceptors (Lipinski definition) is 2. The van der Waals surface area contributed by atoms with Gasteiger partial charge in [-0.2, -0.15) is 0 Å². The Morgan fingerprint density at radius 1 is 1.55 bits per heavy atom. The molecule has 1 fully saturated rings. The molecule has 0 radical (unpaired) electrons. The minimum absolute atomic E-state index is 0.164. The van der Waals surface area contributed by atoms with E-state index in [1.54, 1.807) is 4.90 Å². The molecular formula is C7H12N2O2. The minimum Gasteiger partial charge on any atom is -0.324 e. The summed E-state index contributed by atoms with van der Waals surface area (Å²) >= 11 is 0. The second kappa shape index (κ2) is 3.37. The molecule has 1 aliphatic rings. The van der Waals surface area contributed by atoms with Crippen molar-refractivity contribution in [2.75, 3.05) is 13.1 Å². The summed E-state index contributed by atoms with van der Waals surface area (Å²) in [6.07, 6.45) is 1.37. The van der Waals surface area contributed by atoms with Gasteiger partial charge in [0.15, 0.2) is 0 Å². The van der Waals surface area contributed by atoms with Gasteiger partial charge in [-0.05, 0) is 6.42 Å². The average Bonchev–Trinajstić information content (AvgIpc) is 1.95. The van der Waals surface area contributed by atoms with Crippen molar-refractivity contribution in [2.45, 2.75) is 19.8 Å². The number of nitrogens with one attached hydrogen (secondary N) is 1. The van der Waals surface area contributed by atoms with Crippen LogP contribution in [0.1, 0.15) is 19.8 Å². The molecule has 0 unspecified atom stereocenters. The van der Waals surface area contributed by atoms with Crippen LogP contribution in [0.4, 0.5) is 4.79 Å². The van der Waals surface area contributed by atoms with Gasteiger partial charge in [-0.3, -0.25) is 10.1 Å². The van der Waals surface area contributed by atoms with Crippen LogP contribution in [0.3, 0.4) is 0 Å². The molecule has 1 rings (SSSR count). The third-order valence-electron chi connectivity index (χ3n) is 1.64. The van der Waals surface area contributed by atoms with Crippen molar-refractivity contribution >= 4 is 11.9 Å². The molecular weight excluding hydrogens is 144 g/mol. The van der Waals surface area contributed by atoms with Crippen LogP contribution in [0.15, 0.2) is 0 Å². The van der Waals surface area contributed by atoms with Gasteiger partial charge in [0.05, 0.1) is 0 Å². The standard InChI is InChI=1S/C7H12N2O2/c1-2-4-9-5-3-6(10)8-7(9)11/h2-5H2,1H3,(H,8,10,11). The molecule has 4 nitrogen and oxygen atoms in total. The lowest BCUT2D eigenvalue weighted by Crippen LogP contribution is -2.49. The first-order chi connectivity index (χ1) is 5.24. The minimum atomic E-state index is -0.247. The van der Waals surface area contributed by atoms with E-state index in [2.05, 4.69) is 5.32 Å². The van der Waals surface area contributed by atoms with Crippen molar-refractivity contribution in [3.8, 4) is 0 Å². The van der Waals surface area contributed by atoms with Gasteiger partial charge < -0.3 is 4.90 Å². The van der Waals surface area contributed by atoms with Crippen LogP contribution < -0.4 is 5.32 Å². The third-order valence-corrected chi connectivity index (χ3v) is 1.64. The van der Waals surface area contributed by atoms with E-state index in [9.17, 15) is 9.59 Å². The van der Waals surface area contributed by atoms with Gasteiger partial charge in [-0.25, -0.2) is 4.79 Å². The molecule has 1 heterocycles. The Morgan fingerprint density at radius 3 is 2.82 bits per heavy atom. The molecule has 0 atom stereocenters. The van der Waals surface area contributed by atoms with Crippen molar-refractivity contribution in [3.63, 3.8) is 0 Å². The van der Waals surface area contributed by atoms with E-state index in [4.69, 9.17) is 0 Å². The molecule has 3 amide bonds. The lowest BCUT2D eigenvalue weighted by atomic mass is 10.3. The van der Waals surface area contributed by atoms with E-state index in [1.165, 1.54) is 0 Å². The van der Waals surface area contributed by atoms with E-state index >= 15 is 0 Å². The maximum atomic E-state index is 11.0. The van der Waals surface area contributed by atoms with E-state index in [1.807, 2.05) is 6.92 Å². The zero-order valence-corrected chi connectivity index (χ0v) is 6.59. The third kappa shape index (κ3) is 1.93. The van der Waals surface area contributed by atoms with Crippen LogP contribution in [0.2, 0.25) is 0 Å². The van der Waals surface area contributed by atoms with E-state index in [-0.39, 0.29) is 11.9 Å². The first-order valence-corrected chi connectivity index (χ1v) is 3.82. The fraction of sp³-hybridized carbons (Fsp3) is 0.714. The van der Waals surface area contributed by atoms with E-state index < -0.39 is 0 Å². The second-order valence-corrected chi connectivity index (χ2v) is 2.59. The van der Waals surface area contributed by atoms with Crippen molar-refractivity contribution < 1.29 is 9.59 Å². The monoisotopic (exact) mass is 156 g/mol. The summed E-state index contributed by atoms with van der Waals surface area (Å²) in [6.45, 7) is 3.31. The van der Waals surface area contributed by atoms with Crippen LogP contribution in [0.25, 0.3) is 0 Å². The Balaban J connectivity index is 2.44. The number of nitrogens with zero attached hydrogens (tertiary/aromatic N) is 1. The largest absolute Gasteiger partial charge is 0.324 e. The number of carbonyl (C=O) groups excluding carboxylic acids is 2. The van der Waals surface area contributed by atoms with Gasteiger partial charge >= 0.3 is 6.03 Å². The Kier molecular flexibility index (Phi) is 2.46. The molecule has 1 aliphatic heterocycles. The molecule has 4 heteroatoms. The van der Waals surface area contributed by atoms with Crippen molar-refractivity contribution in [2.24, 2.45) is 0 Å². The molecule has 1 N–H and O–H groups in total. The first kappa shape index (κ1) is 8.04. The summed E-state index contributed by atoms with van der Waals surface area (Å²) in [5, 5.41) is 2.26. The van der Waals surface area contributed by atoms with Crippen LogP contribution in [0.5, 0.6) is 0 Å². The summed E-state index contributed by atoms with van der Waals surface area (Å²) in [7, 11) is 0. The summed E-state index contributed by atoms with van der Waals surface area (Å²) < 4.78 is 0. The molecule has 0 saturated carbocycles. The highest BCUT2D eigenvalue weighted by Gasteiger charge is 2.21. The number of imide groups is 1. The summed E-state index contributed by atoms with van der Waals surface area (Å²) in [5.74, 6) is -0.164. The Hall–Kier alpha value is -1.06. The predicted molar refractivity (Wildman–Crippen MR) is 40.0 cm³/mol. The number of amides is 3. The second-order valence-electron chi connectivity index (χ2n) is 2.59. The summed E-state index contributed by atoms with van der Waals surface area (Å²) in [5.41, 5.74) is 0. The van der Waals surface area contributed by atoms with Gasteiger partial charge in [-0.1, -0.05) is 6.92 Å². The van der Waals surface area contributed by atoms with Gasteiger partial charge in [0.1, 0.15) is 0 Å². The molecule has 0 spiro atoms. The smallest absolute Gasteiger partial charge is 0.324 e. The molecule has 0 aromatic carbocycles. The molecule has 11 heavy (non-hydrogen) atoms. The SMILES string of the molecule is CCCN1CCC(=O)NC1=O. The number of hydrogen-bond donors (Lipinski definition) is 1. The quantitative estimate of drug-likeness (QED) is 0.626. The zero-order chi connectivity index (χ0) is 8.27. The molecule has 62 valence electrons. The van der Waals surface area contributed by atoms with Crippen LogP contribution >= 0.6 is 0 Å². The fourth-order valence-electron chi connectivity index (χ4n) is 1.08. The van der Waals surface area contributed by atoms with E-state index in [0.717, 1.165) is 13.0 Å². The van der Waals surface area contributed by atoms with Gasteiger partial charge in [-0.15, -0.1) is 0 Å². The number of rotatable bonds is 2. The van der Waals surface area contributed by atoms with Crippen LogP contribution in [-0.4, -0.2) is 29.9 Å². The van der Waals surface area contributed by atoms with Gasteiger partial charge in [0, 0.05) is 19.5 Å². The van der Waals surface area contributed by atoms with Crippen molar-refractivity contribution in [3.05, 3.63) is 0 Å². The molecule has 1 saturated heterocycles. The highest BCUT2D eigenvalue weighted by atomic mass is 16.2. The Labute approximate surface area is 65.6 Å². The predicted octanol–water partition coefficient (Wildman–Crippen LogP) is 0.338. The van der Waals surface area contributed by atoms with Gasteiger partial charge in [0.25, 0.3) is 0 Å². The maximum Gasteiger partial charge on any atom is 0.324 e. The fourth-order valence-corrected chi connectivity index (χ4v) is 1.08. The molecule has 0 aromatic heterocycles. The number of urea groups is 1. The topological polar surface area (TPSA) is 49.4 Å². The molecule has 0 bridgehead atoms. The molecule has 0 aromatic rings. The first-order valence-electron chi connectivity index (χ1n) is 3.82. The van der Waals surface area contributed by atoms with Crippen molar-refractivity contribution in [1.82, 2.24) is 10.2 Å². The average molecular weight is 156 g/mol. The van der Waals surface area contributed by atoms with Gasteiger partial charge in [0.2, 0.25) is 5.91 Å². The lowest BCUT2D eigenvalue weighted by molar-refractivity contribution is -0.121. The lowest BCUT2D eigenvalue weighted by Gasteiger charge is -2.25. The maximum absolute atomic E-state index is 11.0. The Bertz CT molecular complexity index is 179. The van der Waals surface area contributed by atoms with Crippen LogP contribution in [0, 0.1) is 0 Å².